The second-order valence-corrected chi connectivity index (χ2v) is 7.18. The van der Waals surface area contributed by atoms with E-state index in [2.05, 4.69) is 0 Å². The van der Waals surface area contributed by atoms with Crippen LogP contribution in [0.2, 0.25) is 0 Å². The quantitative estimate of drug-likeness (QED) is 0.460. The summed E-state index contributed by atoms with van der Waals surface area (Å²) in [6.07, 6.45) is 9.87. The number of carbonyl (C=O) groups excluding carboxylic acids is 2. The predicted octanol–water partition coefficient (Wildman–Crippen LogP) is 3.77. The maximum Gasteiger partial charge on any atom is 0.331 e. The molecule has 0 amide bonds. The van der Waals surface area contributed by atoms with E-state index in [1.165, 1.54) is 13.0 Å². The monoisotopic (exact) mass is 358 g/mol. The van der Waals surface area contributed by atoms with E-state index in [1.54, 1.807) is 0 Å². The average molecular weight is 358 g/mol. The molecule has 2 aliphatic carbocycles. The first-order valence-electron chi connectivity index (χ1n) is 8.89. The molecule has 2 rings (SSSR count). The summed E-state index contributed by atoms with van der Waals surface area (Å²) >= 11 is 0. The third-order valence-corrected chi connectivity index (χ3v) is 5.54. The zero-order valence-corrected chi connectivity index (χ0v) is 15.7. The molecule has 0 saturated heterocycles. The van der Waals surface area contributed by atoms with E-state index in [0.29, 0.717) is 24.8 Å². The molecule has 5 heteroatoms. The van der Waals surface area contributed by atoms with Crippen molar-refractivity contribution < 1.29 is 24.2 Å². The van der Waals surface area contributed by atoms with Gasteiger partial charge in [-0.3, -0.25) is 9.59 Å². The molecule has 5 nitrogen and oxygen atoms in total. The second kappa shape index (κ2) is 7.85. The van der Waals surface area contributed by atoms with Gasteiger partial charge in [0.2, 0.25) is 0 Å². The van der Waals surface area contributed by atoms with Gasteiger partial charge in [0, 0.05) is 28.9 Å². The molecule has 0 aromatic rings. The Hall–Kier alpha value is -2.43. The van der Waals surface area contributed by atoms with Gasteiger partial charge in [-0.1, -0.05) is 32.1 Å². The first kappa shape index (κ1) is 19.9. The number of aliphatic carboxylic acids is 1. The third-order valence-electron chi connectivity index (χ3n) is 5.54. The molecule has 1 N–H and O–H groups in total. The van der Waals surface area contributed by atoms with Gasteiger partial charge in [0.1, 0.15) is 6.10 Å². The van der Waals surface area contributed by atoms with Crippen LogP contribution in [0, 0.1) is 11.3 Å². The molecule has 0 aliphatic heterocycles. The molecule has 0 radical (unpaired) electrons. The molecule has 3 atom stereocenters. The highest BCUT2D eigenvalue weighted by atomic mass is 16.5. The Morgan fingerprint density at radius 3 is 2.73 bits per heavy atom. The molecular weight excluding hydrogens is 332 g/mol. The van der Waals surface area contributed by atoms with E-state index in [1.807, 2.05) is 45.1 Å². The normalized spacial score (nSPS) is 30.0. The highest BCUT2D eigenvalue weighted by molar-refractivity contribution is 6.10. The van der Waals surface area contributed by atoms with Crippen LogP contribution < -0.4 is 0 Å². The summed E-state index contributed by atoms with van der Waals surface area (Å²) in [7, 11) is 0. The molecule has 0 spiro atoms. The summed E-state index contributed by atoms with van der Waals surface area (Å²) in [4.78, 5) is 35.7. The largest absolute Gasteiger partial charge is 0.478 e. The summed E-state index contributed by atoms with van der Waals surface area (Å²) in [5.74, 6) is -1.67. The van der Waals surface area contributed by atoms with Crippen LogP contribution in [0.5, 0.6) is 0 Å². The molecule has 2 aliphatic rings. The molecule has 0 saturated carbocycles. The summed E-state index contributed by atoms with van der Waals surface area (Å²) in [5.41, 5.74) is 0.804. The van der Waals surface area contributed by atoms with Crippen molar-refractivity contribution in [2.45, 2.75) is 53.1 Å². The molecule has 0 heterocycles. The van der Waals surface area contributed by atoms with Crippen LogP contribution in [-0.2, 0) is 19.1 Å². The summed E-state index contributed by atoms with van der Waals surface area (Å²) in [6, 6.07) is 0. The van der Waals surface area contributed by atoms with Crippen LogP contribution in [0.15, 0.2) is 47.1 Å². The van der Waals surface area contributed by atoms with Gasteiger partial charge in [-0.2, -0.15) is 0 Å². The van der Waals surface area contributed by atoms with Crippen LogP contribution in [0.25, 0.3) is 0 Å². The fraction of sp³-hybridized carbons (Fsp3) is 0.476. The van der Waals surface area contributed by atoms with E-state index < -0.39 is 17.5 Å². The molecule has 0 unspecified atom stereocenters. The Morgan fingerprint density at radius 1 is 1.42 bits per heavy atom. The molecular formula is C21H26O5. The fourth-order valence-corrected chi connectivity index (χ4v) is 3.51. The van der Waals surface area contributed by atoms with Gasteiger partial charge in [0.25, 0.3) is 0 Å². The number of hydrogen-bond acceptors (Lipinski definition) is 4. The lowest BCUT2D eigenvalue weighted by atomic mass is 9.60. The van der Waals surface area contributed by atoms with Crippen molar-refractivity contribution in [2.75, 3.05) is 0 Å². The highest BCUT2D eigenvalue weighted by Crippen LogP contribution is 2.50. The van der Waals surface area contributed by atoms with Crippen molar-refractivity contribution in [3.05, 3.63) is 47.1 Å². The van der Waals surface area contributed by atoms with Crippen LogP contribution in [0.4, 0.5) is 0 Å². The van der Waals surface area contributed by atoms with Gasteiger partial charge >= 0.3 is 11.9 Å². The minimum Gasteiger partial charge on any atom is -0.478 e. The first-order chi connectivity index (χ1) is 12.2. The number of rotatable bonds is 5. The van der Waals surface area contributed by atoms with Gasteiger partial charge in [0.05, 0.1) is 0 Å². The minimum absolute atomic E-state index is 0.0749. The van der Waals surface area contributed by atoms with Crippen LogP contribution >= 0.6 is 0 Å². The minimum atomic E-state index is -1.08. The molecule has 140 valence electrons. The van der Waals surface area contributed by atoms with Crippen molar-refractivity contribution in [3.63, 3.8) is 0 Å². The topological polar surface area (TPSA) is 80.7 Å². The first-order valence-corrected chi connectivity index (χ1v) is 8.89. The summed E-state index contributed by atoms with van der Waals surface area (Å²) < 4.78 is 5.63. The number of hydrogen-bond donors (Lipinski definition) is 1. The lowest BCUT2D eigenvalue weighted by Crippen LogP contribution is -2.42. The Labute approximate surface area is 154 Å². The number of ether oxygens (including phenoxy) is 1. The van der Waals surface area contributed by atoms with Crippen molar-refractivity contribution >= 4 is 17.7 Å². The Morgan fingerprint density at radius 2 is 2.12 bits per heavy atom. The van der Waals surface area contributed by atoms with Crippen molar-refractivity contribution in [3.8, 4) is 0 Å². The fourth-order valence-electron chi connectivity index (χ4n) is 3.51. The number of ketones is 1. The number of fused-ring (bicyclic) bond motifs is 1. The zero-order chi connectivity index (χ0) is 19.5. The summed E-state index contributed by atoms with van der Waals surface area (Å²) in [6.45, 7) is 7.33. The maximum atomic E-state index is 12.3. The number of carbonyl (C=O) groups is 3. The van der Waals surface area contributed by atoms with Gasteiger partial charge in [0.15, 0.2) is 5.78 Å². The number of allylic oxidation sites excluding steroid dienone is 6. The van der Waals surface area contributed by atoms with Gasteiger partial charge in [-0.05, 0) is 44.4 Å². The number of esters is 1. The van der Waals surface area contributed by atoms with Crippen molar-refractivity contribution in [1.29, 1.82) is 0 Å². The standard InChI is InChI=1S/C21H26O5/c1-5-6-7-8-19(23)26-18-10-9-15-11-17(22)16(13(2)20(24)25)12-21(15,4)14(18)3/h5-6,9-11,14,18H,7-8,12H2,1-4H3,(H,24,25)/b6-5+,16-13+/t14-,18-,21+/m0/s1. The summed E-state index contributed by atoms with van der Waals surface area (Å²) in [5, 5.41) is 9.25. The Bertz CT molecular complexity index is 738. The smallest absolute Gasteiger partial charge is 0.331 e. The van der Waals surface area contributed by atoms with Gasteiger partial charge in [-0.15, -0.1) is 0 Å². The lowest BCUT2D eigenvalue weighted by Gasteiger charge is -2.45. The van der Waals surface area contributed by atoms with Gasteiger partial charge < -0.3 is 9.84 Å². The Kier molecular flexibility index (Phi) is 6.01. The lowest BCUT2D eigenvalue weighted by molar-refractivity contribution is -0.150. The highest BCUT2D eigenvalue weighted by Gasteiger charge is 2.46. The van der Waals surface area contributed by atoms with E-state index >= 15 is 0 Å². The van der Waals surface area contributed by atoms with Crippen LogP contribution in [-0.4, -0.2) is 28.9 Å². The Balaban J connectivity index is 2.26. The zero-order valence-electron chi connectivity index (χ0n) is 15.7. The molecule has 0 fully saturated rings. The predicted molar refractivity (Wildman–Crippen MR) is 98.4 cm³/mol. The SMILES string of the molecule is C/C=C/CCC(=O)O[C@H]1C=CC2=CC(=O)/C(=C(\C)C(=O)O)C[C@]2(C)[C@H]1C. The van der Waals surface area contributed by atoms with E-state index in [-0.39, 0.29) is 23.2 Å². The second-order valence-electron chi connectivity index (χ2n) is 7.18. The van der Waals surface area contributed by atoms with Crippen molar-refractivity contribution in [1.82, 2.24) is 0 Å². The van der Waals surface area contributed by atoms with E-state index in [0.717, 1.165) is 5.57 Å². The molecule has 0 aromatic heterocycles. The maximum absolute atomic E-state index is 12.3. The number of carboxylic acids is 1. The van der Waals surface area contributed by atoms with Crippen LogP contribution in [0.1, 0.15) is 47.0 Å². The number of carboxylic acid groups (broad SMARTS) is 1. The van der Waals surface area contributed by atoms with E-state index in [4.69, 9.17) is 4.74 Å². The third kappa shape index (κ3) is 3.87. The average Bonchev–Trinajstić information content (AvgIpc) is 2.58. The van der Waals surface area contributed by atoms with Gasteiger partial charge in [-0.25, -0.2) is 4.79 Å². The van der Waals surface area contributed by atoms with E-state index in [9.17, 15) is 19.5 Å². The molecule has 26 heavy (non-hydrogen) atoms. The molecule has 0 aromatic carbocycles. The van der Waals surface area contributed by atoms with Crippen LogP contribution in [0.3, 0.4) is 0 Å². The molecule has 0 bridgehead atoms. The van der Waals surface area contributed by atoms with Crippen molar-refractivity contribution in [2.24, 2.45) is 11.3 Å².